The number of rotatable bonds is 3. The van der Waals surface area contributed by atoms with E-state index >= 15 is 0 Å². The summed E-state index contributed by atoms with van der Waals surface area (Å²) in [5.41, 5.74) is 1.98. The van der Waals surface area contributed by atoms with E-state index in [1.807, 2.05) is 0 Å². The first kappa shape index (κ1) is 13.0. The Morgan fingerprint density at radius 1 is 1.32 bits per heavy atom. The third-order valence-corrected chi connectivity index (χ3v) is 5.16. The monoisotopic (exact) mass is 279 g/mol. The summed E-state index contributed by atoms with van der Waals surface area (Å²) >= 11 is 4.44. The number of nitrogens with zero attached hydrogens (tertiary/aromatic N) is 1. The number of hydrogen-bond acceptors (Lipinski definition) is 2. The van der Waals surface area contributed by atoms with Crippen LogP contribution in [0.2, 0.25) is 0 Å². The maximum atomic E-state index is 13.5. The molecule has 3 rings (SSSR count). The Hall–Kier alpha value is -1.03. The number of halogens is 1. The van der Waals surface area contributed by atoms with Gasteiger partial charge in [-0.1, -0.05) is 12.5 Å². The normalized spacial score (nSPS) is 20.9. The Labute approximate surface area is 118 Å². The molecule has 2 aliphatic rings. The molecule has 1 aliphatic carbocycles. The second-order valence-electron chi connectivity index (χ2n) is 5.76. The van der Waals surface area contributed by atoms with Crippen LogP contribution >= 0.6 is 12.6 Å². The topological polar surface area (TPSA) is 20.3 Å². The van der Waals surface area contributed by atoms with E-state index in [0.29, 0.717) is 13.0 Å². The highest BCUT2D eigenvalue weighted by Crippen LogP contribution is 2.44. The molecule has 1 heterocycles. The van der Waals surface area contributed by atoms with Crippen LogP contribution in [-0.4, -0.2) is 18.2 Å². The van der Waals surface area contributed by atoms with E-state index in [1.165, 1.54) is 18.6 Å². The zero-order valence-corrected chi connectivity index (χ0v) is 11.8. The first-order valence-corrected chi connectivity index (χ1v) is 7.46. The average molecular weight is 279 g/mol. The Morgan fingerprint density at radius 2 is 2.11 bits per heavy atom. The van der Waals surface area contributed by atoms with Crippen molar-refractivity contribution in [3.8, 4) is 0 Å². The Kier molecular flexibility index (Phi) is 3.29. The molecule has 1 aromatic rings. The van der Waals surface area contributed by atoms with Crippen molar-refractivity contribution in [3.05, 3.63) is 29.6 Å². The van der Waals surface area contributed by atoms with Crippen LogP contribution < -0.4 is 4.90 Å². The van der Waals surface area contributed by atoms with Crippen LogP contribution in [0.4, 0.5) is 10.1 Å². The highest BCUT2D eigenvalue weighted by atomic mass is 32.1. The van der Waals surface area contributed by atoms with Gasteiger partial charge in [0.25, 0.3) is 0 Å². The second-order valence-corrected chi connectivity index (χ2v) is 6.08. The number of hydrogen-bond donors (Lipinski definition) is 1. The predicted molar refractivity (Wildman–Crippen MR) is 77.2 cm³/mol. The molecule has 0 N–H and O–H groups in total. The third-order valence-electron chi connectivity index (χ3n) is 4.49. The van der Waals surface area contributed by atoms with E-state index < -0.39 is 0 Å². The summed E-state index contributed by atoms with van der Waals surface area (Å²) in [6.07, 6.45) is 4.69. The number of carbonyl (C=O) groups excluding carboxylic acids is 1. The Morgan fingerprint density at radius 3 is 2.74 bits per heavy atom. The highest BCUT2D eigenvalue weighted by molar-refractivity contribution is 7.80. The van der Waals surface area contributed by atoms with E-state index in [9.17, 15) is 9.18 Å². The summed E-state index contributed by atoms with van der Waals surface area (Å²) in [4.78, 5) is 14.0. The van der Waals surface area contributed by atoms with Gasteiger partial charge in [0.1, 0.15) is 5.82 Å². The smallest absolute Gasteiger partial charge is 0.227 e. The molecule has 1 fully saturated rings. The predicted octanol–water partition coefficient (Wildman–Crippen LogP) is 3.21. The third kappa shape index (κ3) is 2.27. The van der Waals surface area contributed by atoms with Crippen molar-refractivity contribution in [2.24, 2.45) is 5.41 Å². The molecule has 1 amide bonds. The molecule has 2 nitrogen and oxygen atoms in total. The van der Waals surface area contributed by atoms with Gasteiger partial charge >= 0.3 is 0 Å². The Bertz CT molecular complexity index is 507. The van der Waals surface area contributed by atoms with Gasteiger partial charge in [-0.25, -0.2) is 4.39 Å². The molecule has 0 spiro atoms. The van der Waals surface area contributed by atoms with E-state index in [2.05, 4.69) is 12.6 Å². The van der Waals surface area contributed by atoms with Gasteiger partial charge in [0.05, 0.1) is 0 Å². The quantitative estimate of drug-likeness (QED) is 0.842. The van der Waals surface area contributed by atoms with Crippen LogP contribution in [0.1, 0.15) is 31.2 Å². The number of thiol groups is 1. The van der Waals surface area contributed by atoms with Gasteiger partial charge < -0.3 is 4.90 Å². The summed E-state index contributed by atoms with van der Waals surface area (Å²) < 4.78 is 13.5. The van der Waals surface area contributed by atoms with E-state index in [1.54, 1.807) is 11.0 Å². The van der Waals surface area contributed by atoms with Crippen molar-refractivity contribution < 1.29 is 9.18 Å². The second kappa shape index (κ2) is 4.82. The molecule has 1 saturated carbocycles. The minimum atomic E-state index is -0.271. The molecule has 0 bridgehead atoms. The number of benzene rings is 1. The fourth-order valence-electron chi connectivity index (χ4n) is 3.06. The zero-order chi connectivity index (χ0) is 13.5. The van der Waals surface area contributed by atoms with E-state index in [-0.39, 0.29) is 17.1 Å². The number of amides is 1. The molecule has 102 valence electrons. The Balaban J connectivity index is 1.92. The number of aryl methyl sites for hydroxylation is 1. The van der Waals surface area contributed by atoms with Crippen molar-refractivity contribution >= 4 is 24.2 Å². The molecular weight excluding hydrogens is 261 g/mol. The van der Waals surface area contributed by atoms with E-state index in [0.717, 1.165) is 36.3 Å². The maximum absolute atomic E-state index is 13.5. The fourth-order valence-corrected chi connectivity index (χ4v) is 3.48. The van der Waals surface area contributed by atoms with Gasteiger partial charge in [-0.15, -0.1) is 0 Å². The highest BCUT2D eigenvalue weighted by Gasteiger charge is 2.40. The molecule has 0 saturated heterocycles. The first-order chi connectivity index (χ1) is 9.13. The lowest BCUT2D eigenvalue weighted by Gasteiger charge is -2.45. The van der Waals surface area contributed by atoms with E-state index in [4.69, 9.17) is 0 Å². The number of anilines is 1. The number of fused-ring (bicyclic) bond motifs is 1. The molecule has 1 aromatic carbocycles. The van der Waals surface area contributed by atoms with Crippen molar-refractivity contribution in [1.82, 2.24) is 0 Å². The van der Waals surface area contributed by atoms with Gasteiger partial charge in [-0.3, -0.25) is 4.79 Å². The van der Waals surface area contributed by atoms with Gasteiger partial charge in [-0.05, 0) is 48.1 Å². The van der Waals surface area contributed by atoms with Crippen molar-refractivity contribution in [2.45, 2.75) is 32.1 Å². The standard InChI is InChI=1S/C15H18FNOS/c16-12-4-2-11-3-5-14(18)17(13(11)8-12)9-15(10-19)6-1-7-15/h2,4,8,19H,1,3,5-7,9-10H2. The summed E-state index contributed by atoms with van der Waals surface area (Å²) in [5.74, 6) is 0.639. The van der Waals surface area contributed by atoms with Crippen molar-refractivity contribution in [3.63, 3.8) is 0 Å². The minimum absolute atomic E-state index is 0.117. The average Bonchev–Trinajstić information content (AvgIpc) is 2.36. The minimum Gasteiger partial charge on any atom is -0.311 e. The van der Waals surface area contributed by atoms with Gasteiger partial charge in [0.2, 0.25) is 5.91 Å². The molecule has 0 radical (unpaired) electrons. The van der Waals surface area contributed by atoms with Crippen LogP contribution in [0, 0.1) is 11.2 Å². The van der Waals surface area contributed by atoms with Crippen LogP contribution in [-0.2, 0) is 11.2 Å². The van der Waals surface area contributed by atoms with Crippen LogP contribution in [0.5, 0.6) is 0 Å². The van der Waals surface area contributed by atoms with Gasteiger partial charge in [0, 0.05) is 18.7 Å². The molecule has 19 heavy (non-hydrogen) atoms. The number of carbonyl (C=O) groups is 1. The van der Waals surface area contributed by atoms with Crippen LogP contribution in [0.3, 0.4) is 0 Å². The molecule has 0 aromatic heterocycles. The summed E-state index contributed by atoms with van der Waals surface area (Å²) in [5, 5.41) is 0. The molecule has 1 aliphatic heterocycles. The zero-order valence-electron chi connectivity index (χ0n) is 10.9. The molecule has 0 atom stereocenters. The first-order valence-electron chi connectivity index (χ1n) is 6.83. The lowest BCUT2D eigenvalue weighted by Crippen LogP contribution is -2.47. The molecule has 0 unspecified atom stereocenters. The molecular formula is C15H18FNOS. The SMILES string of the molecule is O=C1CCc2ccc(F)cc2N1CC1(CS)CCC1. The molecule has 4 heteroatoms. The summed E-state index contributed by atoms with van der Waals surface area (Å²) in [7, 11) is 0. The fraction of sp³-hybridized carbons (Fsp3) is 0.533. The lowest BCUT2D eigenvalue weighted by molar-refractivity contribution is -0.119. The summed E-state index contributed by atoms with van der Waals surface area (Å²) in [6.45, 7) is 0.686. The van der Waals surface area contributed by atoms with Gasteiger partial charge in [-0.2, -0.15) is 12.6 Å². The van der Waals surface area contributed by atoms with Crippen molar-refractivity contribution in [2.75, 3.05) is 17.2 Å². The maximum Gasteiger partial charge on any atom is 0.227 e. The van der Waals surface area contributed by atoms with Gasteiger partial charge in [0.15, 0.2) is 0 Å². The van der Waals surface area contributed by atoms with Crippen LogP contribution in [0.15, 0.2) is 18.2 Å². The van der Waals surface area contributed by atoms with Crippen LogP contribution in [0.25, 0.3) is 0 Å². The lowest BCUT2D eigenvalue weighted by atomic mass is 9.69. The largest absolute Gasteiger partial charge is 0.311 e. The van der Waals surface area contributed by atoms with Crippen molar-refractivity contribution in [1.29, 1.82) is 0 Å². The summed E-state index contributed by atoms with van der Waals surface area (Å²) in [6, 6.07) is 4.78.